The normalized spacial score (nSPS) is 27.9. The van der Waals surface area contributed by atoms with Crippen LogP contribution in [-0.4, -0.2) is 54.4 Å². The van der Waals surface area contributed by atoms with Crippen molar-refractivity contribution in [2.24, 2.45) is 0 Å². The van der Waals surface area contributed by atoms with Crippen LogP contribution in [0.4, 0.5) is 8.78 Å². The molecule has 2 aliphatic heterocycles. The van der Waals surface area contributed by atoms with Gasteiger partial charge >= 0.3 is 6.43 Å². The van der Waals surface area contributed by atoms with Gasteiger partial charge in [0, 0.05) is 25.7 Å². The van der Waals surface area contributed by atoms with E-state index in [2.05, 4.69) is 4.90 Å². The molecule has 3 nitrogen and oxygen atoms in total. The Bertz CT molecular complexity index is 248. The molecule has 0 aromatic carbocycles. The third-order valence-electron chi connectivity index (χ3n) is 3.34. The molecular formula is C10H16F2N2O. The predicted molar refractivity (Wildman–Crippen MR) is 51.8 cm³/mol. The van der Waals surface area contributed by atoms with Crippen LogP contribution in [0.2, 0.25) is 0 Å². The average Bonchev–Trinajstić information content (AvgIpc) is 2.27. The highest BCUT2D eigenvalue weighted by Crippen LogP contribution is 2.21. The highest BCUT2D eigenvalue weighted by molar-refractivity contribution is 5.79. The Kier molecular flexibility index (Phi) is 3.19. The molecule has 2 aliphatic rings. The van der Waals surface area contributed by atoms with Gasteiger partial charge < -0.3 is 4.90 Å². The van der Waals surface area contributed by atoms with Crippen molar-refractivity contribution in [1.82, 2.24) is 9.80 Å². The first-order valence-electron chi connectivity index (χ1n) is 5.49. The van der Waals surface area contributed by atoms with Crippen LogP contribution in [0.3, 0.4) is 0 Å². The van der Waals surface area contributed by atoms with Crippen molar-refractivity contribution in [1.29, 1.82) is 0 Å². The van der Waals surface area contributed by atoms with E-state index in [9.17, 15) is 13.6 Å². The van der Waals surface area contributed by atoms with Crippen LogP contribution in [-0.2, 0) is 4.79 Å². The first-order chi connectivity index (χ1) is 7.18. The molecular weight excluding hydrogens is 202 g/mol. The Labute approximate surface area is 88.0 Å². The summed E-state index contributed by atoms with van der Waals surface area (Å²) in [5.74, 6) is -1.000. The molecule has 0 aromatic rings. The minimum absolute atomic E-state index is 0.315. The van der Waals surface area contributed by atoms with Gasteiger partial charge in [0.05, 0.1) is 0 Å². The van der Waals surface area contributed by atoms with Crippen LogP contribution in [0.25, 0.3) is 0 Å². The number of amides is 1. The first kappa shape index (κ1) is 10.8. The van der Waals surface area contributed by atoms with E-state index in [4.69, 9.17) is 0 Å². The van der Waals surface area contributed by atoms with Crippen LogP contribution in [0.15, 0.2) is 0 Å². The van der Waals surface area contributed by atoms with Gasteiger partial charge in [0.2, 0.25) is 0 Å². The quantitative estimate of drug-likeness (QED) is 0.654. The molecule has 0 bridgehead atoms. The second-order valence-corrected chi connectivity index (χ2v) is 4.27. The van der Waals surface area contributed by atoms with Crippen molar-refractivity contribution in [3.05, 3.63) is 0 Å². The number of alkyl halides is 2. The van der Waals surface area contributed by atoms with Crippen molar-refractivity contribution >= 4 is 5.91 Å². The van der Waals surface area contributed by atoms with E-state index in [1.54, 1.807) is 0 Å². The van der Waals surface area contributed by atoms with E-state index < -0.39 is 12.3 Å². The maximum atomic E-state index is 12.2. The fourth-order valence-electron chi connectivity index (χ4n) is 2.49. The maximum absolute atomic E-state index is 12.2. The summed E-state index contributed by atoms with van der Waals surface area (Å²) in [5, 5.41) is 0. The largest absolute Gasteiger partial charge is 0.335 e. The lowest BCUT2D eigenvalue weighted by Gasteiger charge is -2.43. The molecule has 5 heteroatoms. The van der Waals surface area contributed by atoms with Crippen LogP contribution >= 0.6 is 0 Å². The summed E-state index contributed by atoms with van der Waals surface area (Å²) < 4.78 is 24.5. The maximum Gasteiger partial charge on any atom is 0.315 e. The summed E-state index contributed by atoms with van der Waals surface area (Å²) in [7, 11) is 0. The smallest absolute Gasteiger partial charge is 0.315 e. The standard InChI is InChI=1S/C10H16F2N2O/c11-9(12)10(15)14-6-5-13-4-2-1-3-8(13)7-14/h8-9H,1-7H2. The van der Waals surface area contributed by atoms with Crippen LogP contribution < -0.4 is 0 Å². The molecule has 2 fully saturated rings. The molecule has 2 saturated heterocycles. The number of hydrogen-bond donors (Lipinski definition) is 0. The summed E-state index contributed by atoms with van der Waals surface area (Å²) in [5.41, 5.74) is 0. The topological polar surface area (TPSA) is 23.6 Å². The highest BCUT2D eigenvalue weighted by Gasteiger charge is 2.33. The zero-order valence-corrected chi connectivity index (χ0v) is 8.66. The number of halogens is 2. The summed E-state index contributed by atoms with van der Waals surface area (Å²) in [6.45, 7) is 2.76. The number of carbonyl (C=O) groups excluding carboxylic acids is 1. The van der Waals surface area contributed by atoms with Crippen molar-refractivity contribution in [2.45, 2.75) is 31.7 Å². The van der Waals surface area contributed by atoms with Crippen LogP contribution in [0.5, 0.6) is 0 Å². The fraction of sp³-hybridized carbons (Fsp3) is 0.900. The zero-order valence-electron chi connectivity index (χ0n) is 8.66. The summed E-state index contributed by atoms with van der Waals surface area (Å²) in [6.07, 6.45) is 0.532. The molecule has 15 heavy (non-hydrogen) atoms. The second-order valence-electron chi connectivity index (χ2n) is 4.27. The predicted octanol–water partition coefficient (Wildman–Crippen LogP) is 0.948. The van der Waals surface area contributed by atoms with Gasteiger partial charge in [-0.25, -0.2) is 0 Å². The lowest BCUT2D eigenvalue weighted by atomic mass is 9.99. The molecule has 0 aliphatic carbocycles. The molecule has 0 spiro atoms. The number of fused-ring (bicyclic) bond motifs is 1. The molecule has 2 rings (SSSR count). The molecule has 86 valence electrons. The Hall–Kier alpha value is -0.710. The summed E-state index contributed by atoms with van der Waals surface area (Å²) in [6, 6.07) is 0.315. The van der Waals surface area contributed by atoms with Gasteiger partial charge in [-0.05, 0) is 19.4 Å². The van der Waals surface area contributed by atoms with Crippen LogP contribution in [0, 0.1) is 0 Å². The molecule has 2 heterocycles. The van der Waals surface area contributed by atoms with Gasteiger partial charge in [0.25, 0.3) is 5.91 Å². The number of piperazine rings is 1. The SMILES string of the molecule is O=C(C(F)F)N1CCN2CCCCC2C1. The van der Waals surface area contributed by atoms with E-state index in [-0.39, 0.29) is 0 Å². The number of rotatable bonds is 1. The molecule has 1 amide bonds. The lowest BCUT2D eigenvalue weighted by molar-refractivity contribution is -0.146. The average molecular weight is 218 g/mol. The zero-order chi connectivity index (χ0) is 10.8. The van der Waals surface area contributed by atoms with Gasteiger partial charge in [-0.2, -0.15) is 8.78 Å². The van der Waals surface area contributed by atoms with Crippen LogP contribution in [0.1, 0.15) is 19.3 Å². The van der Waals surface area contributed by atoms with Crippen molar-refractivity contribution in [3.63, 3.8) is 0 Å². The lowest BCUT2D eigenvalue weighted by Crippen LogP contribution is -2.57. The highest BCUT2D eigenvalue weighted by atomic mass is 19.3. The second kappa shape index (κ2) is 4.43. The molecule has 0 N–H and O–H groups in total. The molecule has 0 aromatic heterocycles. The van der Waals surface area contributed by atoms with Gasteiger partial charge in [-0.3, -0.25) is 9.69 Å². The molecule has 0 radical (unpaired) electrons. The monoisotopic (exact) mass is 218 g/mol. The van der Waals surface area contributed by atoms with Crippen molar-refractivity contribution < 1.29 is 13.6 Å². The number of piperidine rings is 1. The first-order valence-corrected chi connectivity index (χ1v) is 5.49. The van der Waals surface area contributed by atoms with Crippen molar-refractivity contribution in [2.75, 3.05) is 26.2 Å². The third kappa shape index (κ3) is 2.27. The van der Waals surface area contributed by atoms with Crippen molar-refractivity contribution in [3.8, 4) is 0 Å². The van der Waals surface area contributed by atoms with E-state index in [0.717, 1.165) is 25.9 Å². The molecule has 0 saturated carbocycles. The minimum Gasteiger partial charge on any atom is -0.335 e. The Morgan fingerprint density at radius 2 is 2.00 bits per heavy atom. The van der Waals surface area contributed by atoms with Gasteiger partial charge in [-0.1, -0.05) is 6.42 Å². The fourth-order valence-corrected chi connectivity index (χ4v) is 2.49. The number of nitrogens with zero attached hydrogens (tertiary/aromatic N) is 2. The Balaban J connectivity index is 1.93. The van der Waals surface area contributed by atoms with Gasteiger partial charge in [0.1, 0.15) is 0 Å². The minimum atomic E-state index is -2.85. The Morgan fingerprint density at radius 1 is 1.20 bits per heavy atom. The van der Waals surface area contributed by atoms with E-state index in [1.807, 2.05) is 0 Å². The van der Waals surface area contributed by atoms with E-state index in [0.29, 0.717) is 19.1 Å². The van der Waals surface area contributed by atoms with Gasteiger partial charge in [-0.15, -0.1) is 0 Å². The number of hydrogen-bond acceptors (Lipinski definition) is 2. The molecule has 1 atom stereocenters. The third-order valence-corrected chi connectivity index (χ3v) is 3.34. The molecule has 1 unspecified atom stereocenters. The Morgan fingerprint density at radius 3 is 2.73 bits per heavy atom. The van der Waals surface area contributed by atoms with E-state index >= 15 is 0 Å². The number of carbonyl (C=O) groups is 1. The van der Waals surface area contributed by atoms with E-state index in [1.165, 1.54) is 11.3 Å². The summed E-state index contributed by atoms with van der Waals surface area (Å²) in [4.78, 5) is 14.8. The summed E-state index contributed by atoms with van der Waals surface area (Å²) >= 11 is 0. The van der Waals surface area contributed by atoms with Gasteiger partial charge in [0.15, 0.2) is 0 Å².